The molecule has 0 radical (unpaired) electrons. The maximum atomic E-state index is 6.06. The SMILES string of the molecule is CC(C)=CC(C#Cc1ccccc1)O[Si](C)(C)C. The van der Waals surface area contributed by atoms with Crippen LogP contribution in [0, 0.1) is 11.8 Å². The van der Waals surface area contributed by atoms with Crippen molar-refractivity contribution in [1.29, 1.82) is 0 Å². The fraction of sp³-hybridized carbons (Fsp3) is 0.375. The second-order valence-corrected chi connectivity index (χ2v) is 9.99. The van der Waals surface area contributed by atoms with E-state index in [0.717, 1.165) is 5.56 Å². The average molecular weight is 258 g/mol. The van der Waals surface area contributed by atoms with Crippen LogP contribution in [-0.2, 0) is 4.43 Å². The Kier molecular flexibility index (Phi) is 5.40. The molecule has 0 aromatic heterocycles. The number of allylic oxidation sites excluding steroid dienone is 1. The van der Waals surface area contributed by atoms with E-state index in [1.54, 1.807) is 0 Å². The molecule has 0 heterocycles. The maximum Gasteiger partial charge on any atom is 0.185 e. The summed E-state index contributed by atoms with van der Waals surface area (Å²) in [6.07, 6.45) is 2.00. The van der Waals surface area contributed by atoms with E-state index in [9.17, 15) is 0 Å². The second kappa shape index (κ2) is 6.58. The summed E-state index contributed by atoms with van der Waals surface area (Å²) < 4.78 is 6.06. The van der Waals surface area contributed by atoms with Gasteiger partial charge in [0.05, 0.1) is 0 Å². The van der Waals surface area contributed by atoms with Crippen molar-refractivity contribution >= 4 is 8.32 Å². The maximum absolute atomic E-state index is 6.06. The first-order valence-corrected chi connectivity index (χ1v) is 9.67. The summed E-state index contributed by atoms with van der Waals surface area (Å²) in [6.45, 7) is 10.7. The van der Waals surface area contributed by atoms with Crippen molar-refractivity contribution in [2.75, 3.05) is 0 Å². The average Bonchev–Trinajstić information content (AvgIpc) is 2.24. The van der Waals surface area contributed by atoms with Gasteiger partial charge in [0.2, 0.25) is 0 Å². The van der Waals surface area contributed by atoms with Crippen molar-refractivity contribution in [2.45, 2.75) is 39.6 Å². The van der Waals surface area contributed by atoms with Crippen molar-refractivity contribution in [2.24, 2.45) is 0 Å². The Hall–Kier alpha value is -1.30. The van der Waals surface area contributed by atoms with E-state index in [1.165, 1.54) is 5.57 Å². The smallest absolute Gasteiger partial charge is 0.185 e. The van der Waals surface area contributed by atoms with Gasteiger partial charge in [-0.25, -0.2) is 0 Å². The van der Waals surface area contributed by atoms with E-state index >= 15 is 0 Å². The zero-order valence-corrected chi connectivity index (χ0v) is 12.9. The molecule has 0 spiro atoms. The molecule has 0 saturated heterocycles. The van der Waals surface area contributed by atoms with Gasteiger partial charge in [0.1, 0.15) is 6.10 Å². The molecular formula is C16H22OSi. The lowest BCUT2D eigenvalue weighted by Crippen LogP contribution is -2.30. The topological polar surface area (TPSA) is 9.23 Å². The van der Waals surface area contributed by atoms with Crippen molar-refractivity contribution in [1.82, 2.24) is 0 Å². The van der Waals surface area contributed by atoms with Crippen LogP contribution >= 0.6 is 0 Å². The zero-order valence-electron chi connectivity index (χ0n) is 11.9. The van der Waals surface area contributed by atoms with Gasteiger partial charge in [-0.1, -0.05) is 35.6 Å². The Balaban J connectivity index is 2.86. The van der Waals surface area contributed by atoms with E-state index in [1.807, 2.05) is 30.3 Å². The Labute approximate surface area is 112 Å². The lowest BCUT2D eigenvalue weighted by Gasteiger charge is -2.20. The van der Waals surface area contributed by atoms with Crippen LogP contribution in [-0.4, -0.2) is 14.4 Å². The molecule has 0 amide bonds. The molecule has 0 bridgehead atoms. The summed E-state index contributed by atoms with van der Waals surface area (Å²) in [5.41, 5.74) is 2.27. The minimum absolute atomic E-state index is 0.0955. The normalized spacial score (nSPS) is 12.3. The van der Waals surface area contributed by atoms with Gasteiger partial charge >= 0.3 is 0 Å². The molecule has 18 heavy (non-hydrogen) atoms. The first kappa shape index (κ1) is 14.8. The summed E-state index contributed by atoms with van der Waals surface area (Å²) in [4.78, 5) is 0. The molecule has 0 fully saturated rings. The van der Waals surface area contributed by atoms with Crippen molar-refractivity contribution in [3.8, 4) is 11.8 Å². The van der Waals surface area contributed by atoms with Gasteiger partial charge in [0.15, 0.2) is 8.32 Å². The van der Waals surface area contributed by atoms with Gasteiger partial charge in [-0.2, -0.15) is 0 Å². The third-order valence-electron chi connectivity index (χ3n) is 2.10. The molecular weight excluding hydrogens is 236 g/mol. The Bertz CT molecular complexity index is 453. The fourth-order valence-electron chi connectivity index (χ4n) is 1.46. The van der Waals surface area contributed by atoms with E-state index in [4.69, 9.17) is 4.43 Å². The molecule has 1 rings (SSSR count). The molecule has 1 nitrogen and oxygen atoms in total. The molecule has 1 aromatic rings. The molecule has 0 aliphatic heterocycles. The zero-order chi connectivity index (χ0) is 13.6. The van der Waals surface area contributed by atoms with Crippen molar-refractivity contribution < 1.29 is 4.43 Å². The molecule has 1 aromatic carbocycles. The summed E-state index contributed by atoms with van der Waals surface area (Å²) in [6, 6.07) is 10.0. The predicted octanol–water partition coefficient (Wildman–Crippen LogP) is 4.22. The highest BCUT2D eigenvalue weighted by Gasteiger charge is 2.18. The monoisotopic (exact) mass is 258 g/mol. The fourth-order valence-corrected chi connectivity index (χ4v) is 2.35. The Morgan fingerprint density at radius 3 is 2.28 bits per heavy atom. The number of rotatable bonds is 3. The van der Waals surface area contributed by atoms with Crippen molar-refractivity contribution in [3.05, 3.63) is 47.5 Å². The van der Waals surface area contributed by atoms with Gasteiger partial charge in [-0.05, 0) is 51.7 Å². The molecule has 0 aliphatic rings. The second-order valence-electron chi connectivity index (χ2n) is 5.53. The molecule has 1 atom stereocenters. The van der Waals surface area contributed by atoms with E-state index < -0.39 is 8.32 Å². The van der Waals surface area contributed by atoms with Crippen LogP contribution < -0.4 is 0 Å². The van der Waals surface area contributed by atoms with E-state index in [0.29, 0.717) is 0 Å². The van der Waals surface area contributed by atoms with Crippen LogP contribution in [0.5, 0.6) is 0 Å². The summed E-state index contributed by atoms with van der Waals surface area (Å²) >= 11 is 0. The Morgan fingerprint density at radius 1 is 1.17 bits per heavy atom. The largest absolute Gasteiger partial charge is 0.401 e. The highest BCUT2D eigenvalue weighted by molar-refractivity contribution is 6.69. The third-order valence-corrected chi connectivity index (χ3v) is 3.06. The first-order valence-electron chi connectivity index (χ1n) is 6.26. The van der Waals surface area contributed by atoms with E-state index in [-0.39, 0.29) is 6.10 Å². The van der Waals surface area contributed by atoms with Gasteiger partial charge in [-0.3, -0.25) is 0 Å². The number of hydrogen-bond donors (Lipinski definition) is 0. The molecule has 2 heteroatoms. The lowest BCUT2D eigenvalue weighted by atomic mass is 10.2. The lowest BCUT2D eigenvalue weighted by molar-refractivity contribution is 0.297. The van der Waals surface area contributed by atoms with Crippen LogP contribution in [0.3, 0.4) is 0 Å². The van der Waals surface area contributed by atoms with Crippen LogP contribution in [0.1, 0.15) is 19.4 Å². The Morgan fingerprint density at radius 2 is 1.78 bits per heavy atom. The molecule has 96 valence electrons. The van der Waals surface area contributed by atoms with Gasteiger partial charge in [0, 0.05) is 5.56 Å². The van der Waals surface area contributed by atoms with Crippen LogP contribution in [0.15, 0.2) is 42.0 Å². The molecule has 0 N–H and O–H groups in total. The molecule has 0 saturated carbocycles. The number of hydrogen-bond acceptors (Lipinski definition) is 1. The molecule has 1 unspecified atom stereocenters. The minimum atomic E-state index is -1.57. The summed E-state index contributed by atoms with van der Waals surface area (Å²) in [5.74, 6) is 6.39. The predicted molar refractivity (Wildman–Crippen MR) is 81.0 cm³/mol. The molecule has 0 aliphatic carbocycles. The van der Waals surface area contributed by atoms with Gasteiger partial charge in [0.25, 0.3) is 0 Å². The minimum Gasteiger partial charge on any atom is -0.401 e. The van der Waals surface area contributed by atoms with Crippen LogP contribution in [0.2, 0.25) is 19.6 Å². The van der Waals surface area contributed by atoms with Crippen LogP contribution in [0.25, 0.3) is 0 Å². The third kappa shape index (κ3) is 6.44. The number of benzene rings is 1. The quantitative estimate of drug-likeness (QED) is 0.448. The summed E-state index contributed by atoms with van der Waals surface area (Å²) in [5, 5.41) is 0. The highest BCUT2D eigenvalue weighted by atomic mass is 28.4. The highest BCUT2D eigenvalue weighted by Crippen LogP contribution is 2.10. The van der Waals surface area contributed by atoms with Gasteiger partial charge < -0.3 is 4.43 Å². The van der Waals surface area contributed by atoms with Crippen molar-refractivity contribution in [3.63, 3.8) is 0 Å². The van der Waals surface area contributed by atoms with Crippen LogP contribution in [0.4, 0.5) is 0 Å². The first-order chi connectivity index (χ1) is 8.37. The van der Waals surface area contributed by atoms with E-state index in [2.05, 4.69) is 51.4 Å². The van der Waals surface area contributed by atoms with Gasteiger partial charge in [-0.15, -0.1) is 0 Å². The summed E-state index contributed by atoms with van der Waals surface area (Å²) in [7, 11) is -1.57. The standard InChI is InChI=1S/C16H22OSi/c1-14(2)13-16(17-18(3,4)5)12-11-15-9-7-6-8-10-15/h6-10,13,16H,1-5H3.